The molecule has 0 radical (unpaired) electrons. The molecule has 0 spiro atoms. The van der Waals surface area contributed by atoms with Gasteiger partial charge in [0, 0.05) is 40.2 Å². The van der Waals surface area contributed by atoms with E-state index in [0.717, 1.165) is 23.1 Å². The highest BCUT2D eigenvalue weighted by Gasteiger charge is 2.24. The van der Waals surface area contributed by atoms with Crippen LogP contribution in [0.4, 0.5) is 5.69 Å². The average molecular weight is 344 g/mol. The number of hydrogen-bond acceptors (Lipinski definition) is 5. The lowest BCUT2D eigenvalue weighted by molar-refractivity contribution is -0.384. The van der Waals surface area contributed by atoms with E-state index >= 15 is 0 Å². The van der Waals surface area contributed by atoms with Gasteiger partial charge in [-0.1, -0.05) is 0 Å². The maximum Gasteiger partial charge on any atom is 0.270 e. The molecule has 3 aromatic rings. The Bertz CT molecular complexity index is 928. The van der Waals surface area contributed by atoms with E-state index in [0.29, 0.717) is 11.4 Å². The summed E-state index contributed by atoms with van der Waals surface area (Å²) in [4.78, 5) is 27.0. The molecule has 0 unspecified atom stereocenters. The number of rotatable bonds is 2. The molecule has 5 nitrogen and oxygen atoms in total. The molecule has 0 aliphatic carbocycles. The van der Waals surface area contributed by atoms with E-state index in [4.69, 9.17) is 0 Å². The second kappa shape index (κ2) is 5.43. The van der Waals surface area contributed by atoms with Gasteiger partial charge in [0.2, 0.25) is 0 Å². The molecule has 0 atom stereocenters. The lowest BCUT2D eigenvalue weighted by Crippen LogP contribution is -2.34. The SMILES string of the molecule is O=C(c1cc2cc([N+](=O)[O-])ccc2s1)N1CCc2sccc2C1. The number of hydrogen-bond donors (Lipinski definition) is 0. The molecule has 7 heteroatoms. The van der Waals surface area contributed by atoms with Crippen molar-refractivity contribution in [1.82, 2.24) is 4.90 Å². The van der Waals surface area contributed by atoms with Crippen LogP contribution in [0.15, 0.2) is 35.7 Å². The van der Waals surface area contributed by atoms with Gasteiger partial charge in [-0.2, -0.15) is 0 Å². The number of thiophene rings is 2. The molecule has 1 aliphatic rings. The largest absolute Gasteiger partial charge is 0.333 e. The van der Waals surface area contributed by atoms with Crippen LogP contribution in [-0.4, -0.2) is 22.3 Å². The minimum atomic E-state index is -0.415. The van der Waals surface area contributed by atoms with Crippen LogP contribution in [-0.2, 0) is 13.0 Å². The van der Waals surface area contributed by atoms with Gasteiger partial charge in [-0.05, 0) is 35.6 Å². The van der Waals surface area contributed by atoms with Gasteiger partial charge in [-0.15, -0.1) is 22.7 Å². The lowest BCUT2D eigenvalue weighted by atomic mass is 10.1. The van der Waals surface area contributed by atoms with E-state index in [1.165, 1.54) is 33.9 Å². The topological polar surface area (TPSA) is 63.4 Å². The fourth-order valence-electron chi connectivity index (χ4n) is 2.83. The minimum Gasteiger partial charge on any atom is -0.333 e. The number of amides is 1. The fraction of sp³-hybridized carbons (Fsp3) is 0.188. The van der Waals surface area contributed by atoms with Crippen LogP contribution >= 0.6 is 22.7 Å². The van der Waals surface area contributed by atoms with Crippen molar-refractivity contribution in [2.75, 3.05) is 6.54 Å². The third kappa shape index (κ3) is 2.51. The molecular formula is C16H12N2O3S2. The van der Waals surface area contributed by atoms with Crippen molar-refractivity contribution in [1.29, 1.82) is 0 Å². The number of carbonyl (C=O) groups excluding carboxylic acids is 1. The summed E-state index contributed by atoms with van der Waals surface area (Å²) in [5, 5.41) is 13.7. The Kier molecular flexibility index (Phi) is 3.39. The molecule has 0 N–H and O–H groups in total. The molecule has 0 saturated carbocycles. The second-order valence-corrected chi connectivity index (χ2v) is 7.52. The third-order valence-electron chi connectivity index (χ3n) is 4.02. The van der Waals surface area contributed by atoms with E-state index in [9.17, 15) is 14.9 Å². The van der Waals surface area contributed by atoms with E-state index in [2.05, 4.69) is 11.4 Å². The normalized spacial score (nSPS) is 14.0. The number of nitrogens with zero attached hydrogens (tertiary/aromatic N) is 2. The van der Waals surface area contributed by atoms with Crippen molar-refractivity contribution < 1.29 is 9.72 Å². The lowest BCUT2D eigenvalue weighted by Gasteiger charge is -2.26. The summed E-state index contributed by atoms with van der Waals surface area (Å²) >= 11 is 3.14. The predicted molar refractivity (Wildman–Crippen MR) is 91.2 cm³/mol. The number of nitro benzene ring substituents is 1. The van der Waals surface area contributed by atoms with Gasteiger partial charge >= 0.3 is 0 Å². The zero-order valence-corrected chi connectivity index (χ0v) is 13.7. The van der Waals surface area contributed by atoms with Crippen molar-refractivity contribution in [2.45, 2.75) is 13.0 Å². The zero-order valence-electron chi connectivity index (χ0n) is 12.0. The average Bonchev–Trinajstić information content (AvgIpc) is 3.18. The maximum atomic E-state index is 12.7. The first-order chi connectivity index (χ1) is 11.1. The summed E-state index contributed by atoms with van der Waals surface area (Å²) in [6, 6.07) is 8.55. The van der Waals surface area contributed by atoms with E-state index < -0.39 is 4.92 Å². The Morgan fingerprint density at radius 2 is 2.13 bits per heavy atom. The highest BCUT2D eigenvalue weighted by Crippen LogP contribution is 2.31. The predicted octanol–water partition coefficient (Wildman–Crippen LogP) is 4.07. The van der Waals surface area contributed by atoms with Crippen LogP contribution in [0.2, 0.25) is 0 Å². The fourth-order valence-corrected chi connectivity index (χ4v) is 4.73. The first-order valence-corrected chi connectivity index (χ1v) is 8.84. The van der Waals surface area contributed by atoms with Gasteiger partial charge in [0.15, 0.2) is 0 Å². The summed E-state index contributed by atoms with van der Waals surface area (Å²) in [6.07, 6.45) is 0.898. The summed E-state index contributed by atoms with van der Waals surface area (Å²) in [7, 11) is 0. The summed E-state index contributed by atoms with van der Waals surface area (Å²) in [5.74, 6) is 0.00528. The van der Waals surface area contributed by atoms with Gasteiger partial charge in [0.25, 0.3) is 11.6 Å². The number of nitro groups is 1. The van der Waals surface area contributed by atoms with Crippen LogP contribution in [0.1, 0.15) is 20.1 Å². The molecule has 1 aromatic carbocycles. The van der Waals surface area contributed by atoms with Crippen LogP contribution < -0.4 is 0 Å². The van der Waals surface area contributed by atoms with E-state index in [1.807, 2.05) is 4.90 Å². The van der Waals surface area contributed by atoms with Crippen molar-refractivity contribution in [2.24, 2.45) is 0 Å². The number of non-ortho nitro benzene ring substituents is 1. The summed E-state index contributed by atoms with van der Waals surface area (Å²) < 4.78 is 0.896. The Labute approximate surface area is 139 Å². The van der Waals surface area contributed by atoms with Crippen molar-refractivity contribution >= 4 is 44.4 Å². The third-order valence-corrected chi connectivity index (χ3v) is 6.14. The van der Waals surface area contributed by atoms with E-state index in [1.54, 1.807) is 23.5 Å². The molecule has 116 valence electrons. The van der Waals surface area contributed by atoms with Crippen LogP contribution in [0.3, 0.4) is 0 Å². The Morgan fingerprint density at radius 1 is 1.26 bits per heavy atom. The highest BCUT2D eigenvalue weighted by atomic mass is 32.1. The molecule has 3 heterocycles. The first-order valence-electron chi connectivity index (χ1n) is 7.14. The molecular weight excluding hydrogens is 332 g/mol. The van der Waals surface area contributed by atoms with Gasteiger partial charge in [0.05, 0.1) is 9.80 Å². The van der Waals surface area contributed by atoms with Crippen LogP contribution in [0, 0.1) is 10.1 Å². The summed E-state index contributed by atoms with van der Waals surface area (Å²) in [6.45, 7) is 1.37. The van der Waals surface area contributed by atoms with Crippen LogP contribution in [0.25, 0.3) is 10.1 Å². The molecule has 4 rings (SSSR count). The first kappa shape index (κ1) is 14.3. The standard InChI is InChI=1S/C16H12N2O3S2/c19-16(17-5-3-13-10(9-17)4-6-22-13)15-8-11-7-12(18(20)21)1-2-14(11)23-15/h1-2,4,6-8H,3,5,9H2. The van der Waals surface area contributed by atoms with Gasteiger partial charge < -0.3 is 4.90 Å². The molecule has 0 saturated heterocycles. The molecule has 0 fully saturated rings. The van der Waals surface area contributed by atoms with Crippen molar-refractivity contribution in [3.63, 3.8) is 0 Å². The maximum absolute atomic E-state index is 12.7. The second-order valence-electron chi connectivity index (χ2n) is 5.44. The Hall–Kier alpha value is -2.25. The summed E-state index contributed by atoms with van der Waals surface area (Å²) in [5.41, 5.74) is 1.28. The molecule has 2 aromatic heterocycles. The number of benzene rings is 1. The van der Waals surface area contributed by atoms with Gasteiger partial charge in [0.1, 0.15) is 0 Å². The molecule has 0 bridgehead atoms. The van der Waals surface area contributed by atoms with Gasteiger partial charge in [-0.3, -0.25) is 14.9 Å². The van der Waals surface area contributed by atoms with E-state index in [-0.39, 0.29) is 11.6 Å². The molecule has 1 aliphatic heterocycles. The number of fused-ring (bicyclic) bond motifs is 2. The van der Waals surface area contributed by atoms with Gasteiger partial charge in [-0.25, -0.2) is 0 Å². The molecule has 23 heavy (non-hydrogen) atoms. The number of carbonyl (C=O) groups is 1. The Balaban J connectivity index is 1.64. The quantitative estimate of drug-likeness (QED) is 0.520. The monoisotopic (exact) mass is 344 g/mol. The molecule has 1 amide bonds. The van der Waals surface area contributed by atoms with Crippen molar-refractivity contribution in [3.05, 3.63) is 61.1 Å². The Morgan fingerprint density at radius 3 is 2.96 bits per heavy atom. The minimum absolute atomic E-state index is 0.00528. The smallest absolute Gasteiger partial charge is 0.270 e. The van der Waals surface area contributed by atoms with Crippen molar-refractivity contribution in [3.8, 4) is 0 Å². The van der Waals surface area contributed by atoms with Crippen LogP contribution in [0.5, 0.6) is 0 Å². The highest BCUT2D eigenvalue weighted by molar-refractivity contribution is 7.20. The zero-order chi connectivity index (χ0) is 16.0.